The maximum Gasteiger partial charge on any atom is 0.126 e. The van der Waals surface area contributed by atoms with Crippen molar-refractivity contribution in [3.8, 4) is 5.75 Å². The number of benzene rings is 2. The van der Waals surface area contributed by atoms with Crippen molar-refractivity contribution >= 4 is 32.8 Å². The van der Waals surface area contributed by atoms with Gasteiger partial charge in [0.1, 0.15) is 5.75 Å². The van der Waals surface area contributed by atoms with Gasteiger partial charge >= 0.3 is 0 Å². The number of rotatable bonds is 3. The van der Waals surface area contributed by atoms with Gasteiger partial charge in [-0.05, 0) is 29.0 Å². The van der Waals surface area contributed by atoms with Crippen molar-refractivity contribution < 1.29 is 4.74 Å². The Bertz CT molecular complexity index is 563. The van der Waals surface area contributed by atoms with E-state index in [-0.39, 0.29) is 0 Å². The molecular formula is C14H14BrNO. The zero-order chi connectivity index (χ0) is 12.3. The van der Waals surface area contributed by atoms with E-state index >= 15 is 0 Å². The van der Waals surface area contributed by atoms with E-state index in [1.807, 2.05) is 24.3 Å². The highest BCUT2D eigenvalue weighted by atomic mass is 79.9. The van der Waals surface area contributed by atoms with Crippen molar-refractivity contribution in [3.05, 3.63) is 46.4 Å². The predicted molar refractivity (Wildman–Crippen MR) is 76.3 cm³/mol. The van der Waals surface area contributed by atoms with Gasteiger partial charge in [0, 0.05) is 16.6 Å². The molecule has 0 heterocycles. The third-order valence-electron chi connectivity index (χ3n) is 2.62. The maximum absolute atomic E-state index is 5.50. The van der Waals surface area contributed by atoms with Crippen LogP contribution in [0.4, 0.5) is 0 Å². The quantitative estimate of drug-likeness (QED) is 0.938. The fourth-order valence-electron chi connectivity index (χ4n) is 1.84. The van der Waals surface area contributed by atoms with E-state index in [4.69, 9.17) is 10.5 Å². The summed E-state index contributed by atoms with van der Waals surface area (Å²) in [6.07, 6.45) is 3.94. The van der Waals surface area contributed by atoms with Gasteiger partial charge in [0.25, 0.3) is 0 Å². The number of nitrogens with two attached hydrogens (primary N) is 1. The number of halogens is 1. The summed E-state index contributed by atoms with van der Waals surface area (Å²) in [5.74, 6) is 0.865. The predicted octanol–water partition coefficient (Wildman–Crippen LogP) is 3.58. The van der Waals surface area contributed by atoms with Crippen LogP contribution >= 0.6 is 15.9 Å². The molecule has 0 atom stereocenters. The maximum atomic E-state index is 5.50. The second-order valence-electron chi connectivity index (χ2n) is 3.69. The summed E-state index contributed by atoms with van der Waals surface area (Å²) in [5, 5.41) is 2.34. The molecule has 0 saturated carbocycles. The van der Waals surface area contributed by atoms with E-state index in [0.717, 1.165) is 21.2 Å². The minimum Gasteiger partial charge on any atom is -0.496 e. The monoisotopic (exact) mass is 291 g/mol. The number of ether oxygens (including phenoxy) is 1. The normalized spacial score (nSPS) is 11.2. The second kappa shape index (κ2) is 5.34. The van der Waals surface area contributed by atoms with Gasteiger partial charge in [-0.15, -0.1) is 0 Å². The van der Waals surface area contributed by atoms with E-state index in [1.54, 1.807) is 7.11 Å². The van der Waals surface area contributed by atoms with E-state index in [1.165, 1.54) is 5.39 Å². The topological polar surface area (TPSA) is 35.2 Å². The molecule has 17 heavy (non-hydrogen) atoms. The van der Waals surface area contributed by atoms with Gasteiger partial charge < -0.3 is 10.5 Å². The van der Waals surface area contributed by atoms with Crippen molar-refractivity contribution in [1.29, 1.82) is 0 Å². The molecule has 0 fully saturated rings. The fraction of sp³-hybridized carbons (Fsp3) is 0.143. The van der Waals surface area contributed by atoms with Gasteiger partial charge in [0.05, 0.1) is 7.11 Å². The van der Waals surface area contributed by atoms with Crippen LogP contribution in [0.3, 0.4) is 0 Å². The van der Waals surface area contributed by atoms with Gasteiger partial charge in [-0.2, -0.15) is 0 Å². The van der Waals surface area contributed by atoms with Crippen LogP contribution in [0.5, 0.6) is 5.75 Å². The standard InChI is InChI=1S/C14H14BrNO/c1-17-14-7-4-10-9-11(15)5-6-12(10)13(14)3-2-8-16/h2-7,9H,8,16H2,1H3/b3-2+. The molecule has 88 valence electrons. The summed E-state index contributed by atoms with van der Waals surface area (Å²) in [4.78, 5) is 0. The first-order valence-corrected chi connectivity index (χ1v) is 6.18. The molecule has 0 aliphatic heterocycles. The fourth-order valence-corrected chi connectivity index (χ4v) is 2.22. The van der Waals surface area contributed by atoms with Crippen LogP contribution in [0.25, 0.3) is 16.8 Å². The van der Waals surface area contributed by atoms with Crippen molar-refractivity contribution in [1.82, 2.24) is 0 Å². The highest BCUT2D eigenvalue weighted by Crippen LogP contribution is 2.30. The molecular weight excluding hydrogens is 278 g/mol. The molecule has 2 aromatic rings. The van der Waals surface area contributed by atoms with Crippen LogP contribution in [0.1, 0.15) is 5.56 Å². The summed E-state index contributed by atoms with van der Waals surface area (Å²) in [6.45, 7) is 0.524. The molecule has 0 amide bonds. The molecule has 0 bridgehead atoms. The Morgan fingerprint density at radius 3 is 2.82 bits per heavy atom. The van der Waals surface area contributed by atoms with Crippen LogP contribution in [-0.2, 0) is 0 Å². The summed E-state index contributed by atoms with van der Waals surface area (Å²) >= 11 is 3.48. The lowest BCUT2D eigenvalue weighted by molar-refractivity contribution is 0.414. The molecule has 0 aliphatic carbocycles. The molecule has 3 heteroatoms. The molecule has 2 nitrogen and oxygen atoms in total. The Labute approximate surface area is 109 Å². The minimum absolute atomic E-state index is 0.524. The van der Waals surface area contributed by atoms with Crippen LogP contribution in [0, 0.1) is 0 Å². The second-order valence-corrected chi connectivity index (χ2v) is 4.60. The average molecular weight is 292 g/mol. The van der Waals surface area contributed by atoms with Gasteiger partial charge in [0.2, 0.25) is 0 Å². The highest BCUT2D eigenvalue weighted by Gasteiger charge is 2.05. The van der Waals surface area contributed by atoms with Crippen molar-refractivity contribution in [2.75, 3.05) is 13.7 Å². The lowest BCUT2D eigenvalue weighted by Gasteiger charge is -2.09. The first-order chi connectivity index (χ1) is 8.26. The van der Waals surface area contributed by atoms with Crippen LogP contribution in [0.15, 0.2) is 40.9 Å². The van der Waals surface area contributed by atoms with Crippen LogP contribution in [0.2, 0.25) is 0 Å². The lowest BCUT2D eigenvalue weighted by atomic mass is 10.0. The Morgan fingerprint density at radius 1 is 1.29 bits per heavy atom. The van der Waals surface area contributed by atoms with E-state index < -0.39 is 0 Å². The number of methoxy groups -OCH3 is 1. The smallest absolute Gasteiger partial charge is 0.126 e. The third kappa shape index (κ3) is 2.51. The Morgan fingerprint density at radius 2 is 2.12 bits per heavy atom. The Hall–Kier alpha value is -1.32. The summed E-state index contributed by atoms with van der Waals surface area (Å²) < 4.78 is 6.45. The summed E-state index contributed by atoms with van der Waals surface area (Å²) in [6, 6.07) is 10.2. The number of hydrogen-bond acceptors (Lipinski definition) is 2. The van der Waals surface area contributed by atoms with Crippen molar-refractivity contribution in [2.24, 2.45) is 5.73 Å². The van der Waals surface area contributed by atoms with Gasteiger partial charge in [-0.25, -0.2) is 0 Å². The van der Waals surface area contributed by atoms with Gasteiger partial charge in [0.15, 0.2) is 0 Å². The van der Waals surface area contributed by atoms with E-state index in [0.29, 0.717) is 6.54 Å². The minimum atomic E-state index is 0.524. The molecule has 0 unspecified atom stereocenters. The van der Waals surface area contributed by atoms with Crippen molar-refractivity contribution in [3.63, 3.8) is 0 Å². The van der Waals surface area contributed by atoms with Crippen LogP contribution in [-0.4, -0.2) is 13.7 Å². The molecule has 2 N–H and O–H groups in total. The molecule has 0 aliphatic rings. The summed E-state index contributed by atoms with van der Waals surface area (Å²) in [7, 11) is 1.68. The van der Waals surface area contributed by atoms with E-state index in [9.17, 15) is 0 Å². The first kappa shape index (κ1) is 12.1. The molecule has 0 spiro atoms. The van der Waals surface area contributed by atoms with Crippen molar-refractivity contribution in [2.45, 2.75) is 0 Å². The average Bonchev–Trinajstić information content (AvgIpc) is 2.35. The SMILES string of the molecule is COc1ccc2cc(Br)ccc2c1/C=C/CN. The lowest BCUT2D eigenvalue weighted by Crippen LogP contribution is -1.93. The Kier molecular flexibility index (Phi) is 3.82. The highest BCUT2D eigenvalue weighted by molar-refractivity contribution is 9.10. The zero-order valence-corrected chi connectivity index (χ0v) is 11.2. The molecule has 0 radical (unpaired) electrons. The third-order valence-corrected chi connectivity index (χ3v) is 3.12. The molecule has 0 saturated heterocycles. The summed E-state index contributed by atoms with van der Waals surface area (Å²) in [5.41, 5.74) is 6.57. The molecule has 2 rings (SSSR count). The van der Waals surface area contributed by atoms with E-state index in [2.05, 4.69) is 34.1 Å². The Balaban J connectivity index is 2.69. The molecule has 2 aromatic carbocycles. The molecule has 0 aromatic heterocycles. The van der Waals surface area contributed by atoms with Gasteiger partial charge in [-0.1, -0.05) is 40.2 Å². The zero-order valence-electron chi connectivity index (χ0n) is 9.61. The largest absolute Gasteiger partial charge is 0.496 e. The number of fused-ring (bicyclic) bond motifs is 1. The van der Waals surface area contributed by atoms with Crippen LogP contribution < -0.4 is 10.5 Å². The van der Waals surface area contributed by atoms with Gasteiger partial charge in [-0.3, -0.25) is 0 Å². The first-order valence-electron chi connectivity index (χ1n) is 5.39. The number of hydrogen-bond donors (Lipinski definition) is 1.